The Morgan fingerprint density at radius 2 is 1.54 bits per heavy atom. The van der Waals surface area contributed by atoms with E-state index < -0.39 is 15.4 Å². The lowest BCUT2D eigenvalue weighted by atomic mass is 10.4. The Labute approximate surface area is 80.0 Å². The molecule has 1 N–H and O–H groups in total. The highest BCUT2D eigenvalue weighted by Gasteiger charge is 2.29. The fourth-order valence-electron chi connectivity index (χ4n) is 0.861. The first-order valence-electron chi connectivity index (χ1n) is 4.09. The molecule has 0 aliphatic carbocycles. The summed E-state index contributed by atoms with van der Waals surface area (Å²) in [6, 6.07) is -0.218. The van der Waals surface area contributed by atoms with Crippen LogP contribution >= 0.6 is 0 Å². The van der Waals surface area contributed by atoms with Gasteiger partial charge in [0.25, 0.3) is 0 Å². The van der Waals surface area contributed by atoms with Crippen molar-refractivity contribution in [1.29, 1.82) is 0 Å². The van der Waals surface area contributed by atoms with Crippen molar-refractivity contribution in [2.45, 2.75) is 32.2 Å². The van der Waals surface area contributed by atoms with Crippen molar-refractivity contribution in [3.8, 4) is 0 Å². The Bertz CT molecular complexity index is 248. The van der Waals surface area contributed by atoms with Crippen molar-refractivity contribution >= 4 is 10.0 Å². The van der Waals surface area contributed by atoms with Crippen LogP contribution in [0.5, 0.6) is 0 Å². The van der Waals surface area contributed by atoms with Crippen LogP contribution in [0.3, 0.4) is 0 Å². The first kappa shape index (κ1) is 12.8. The molecule has 0 heterocycles. The second kappa shape index (κ2) is 4.36. The molecule has 0 rings (SSSR count). The third-order valence-corrected chi connectivity index (χ3v) is 3.94. The SMILES string of the molecule is CC(C)N(O)C(C)S(=O)(=O)N(C)C. The number of hydroxylamine groups is 2. The highest BCUT2D eigenvalue weighted by atomic mass is 32.2. The van der Waals surface area contributed by atoms with E-state index in [9.17, 15) is 13.6 Å². The predicted molar refractivity (Wildman–Crippen MR) is 50.8 cm³/mol. The third kappa shape index (κ3) is 2.91. The van der Waals surface area contributed by atoms with Gasteiger partial charge < -0.3 is 5.21 Å². The summed E-state index contributed by atoms with van der Waals surface area (Å²) in [6.45, 7) is 4.90. The van der Waals surface area contributed by atoms with E-state index in [1.165, 1.54) is 21.0 Å². The summed E-state index contributed by atoms with van der Waals surface area (Å²) < 4.78 is 24.1. The van der Waals surface area contributed by atoms with Crippen molar-refractivity contribution in [3.63, 3.8) is 0 Å². The zero-order valence-corrected chi connectivity index (χ0v) is 9.54. The minimum absolute atomic E-state index is 0.218. The van der Waals surface area contributed by atoms with Gasteiger partial charge in [-0.1, -0.05) is 0 Å². The maximum absolute atomic E-state index is 11.5. The minimum atomic E-state index is -3.41. The molecule has 13 heavy (non-hydrogen) atoms. The van der Waals surface area contributed by atoms with E-state index in [4.69, 9.17) is 0 Å². The molecule has 1 atom stereocenters. The summed E-state index contributed by atoms with van der Waals surface area (Å²) in [5, 5.41) is 9.32. The number of nitrogens with zero attached hydrogens (tertiary/aromatic N) is 2. The van der Waals surface area contributed by atoms with Crippen molar-refractivity contribution < 1.29 is 13.6 Å². The van der Waals surface area contributed by atoms with Crippen LogP contribution < -0.4 is 0 Å². The van der Waals surface area contributed by atoms with Gasteiger partial charge in [-0.25, -0.2) is 12.7 Å². The van der Waals surface area contributed by atoms with E-state index in [-0.39, 0.29) is 6.04 Å². The first-order valence-corrected chi connectivity index (χ1v) is 5.60. The molecule has 6 heteroatoms. The number of hydrogen-bond acceptors (Lipinski definition) is 4. The lowest BCUT2D eigenvalue weighted by Gasteiger charge is -2.27. The van der Waals surface area contributed by atoms with Gasteiger partial charge in [-0.2, -0.15) is 5.06 Å². The Hall–Kier alpha value is -0.170. The molecule has 0 aliphatic rings. The van der Waals surface area contributed by atoms with Gasteiger partial charge in [-0.05, 0) is 20.8 Å². The first-order chi connectivity index (χ1) is 5.71. The van der Waals surface area contributed by atoms with Crippen LogP contribution in [0, 0.1) is 0 Å². The van der Waals surface area contributed by atoms with Gasteiger partial charge in [-0.3, -0.25) is 0 Å². The van der Waals surface area contributed by atoms with E-state index in [1.807, 2.05) is 0 Å². The molecule has 0 aliphatic heterocycles. The summed E-state index contributed by atoms with van der Waals surface area (Å²) in [7, 11) is -0.523. The van der Waals surface area contributed by atoms with Crippen LogP contribution in [0.15, 0.2) is 0 Å². The van der Waals surface area contributed by atoms with Gasteiger partial charge >= 0.3 is 0 Å². The Balaban J connectivity index is 4.70. The summed E-state index contributed by atoms with van der Waals surface area (Å²) >= 11 is 0. The van der Waals surface area contributed by atoms with Crippen LogP contribution in [0.2, 0.25) is 0 Å². The minimum Gasteiger partial charge on any atom is -0.312 e. The fraction of sp³-hybridized carbons (Fsp3) is 1.00. The predicted octanol–water partition coefficient (Wildman–Crippen LogP) is 0.323. The van der Waals surface area contributed by atoms with Gasteiger partial charge in [-0.15, -0.1) is 0 Å². The van der Waals surface area contributed by atoms with Crippen molar-refractivity contribution in [2.24, 2.45) is 0 Å². The van der Waals surface area contributed by atoms with Crippen molar-refractivity contribution in [2.75, 3.05) is 14.1 Å². The molecule has 0 aromatic heterocycles. The van der Waals surface area contributed by atoms with Crippen molar-refractivity contribution in [1.82, 2.24) is 9.37 Å². The van der Waals surface area contributed by atoms with Gasteiger partial charge in [0, 0.05) is 20.1 Å². The van der Waals surface area contributed by atoms with E-state index in [0.717, 1.165) is 9.37 Å². The second-order valence-corrected chi connectivity index (χ2v) is 5.84. The molecular formula is C7H18N2O3S. The number of hydrogen-bond donors (Lipinski definition) is 1. The lowest BCUT2D eigenvalue weighted by Crippen LogP contribution is -2.45. The van der Waals surface area contributed by atoms with Crippen LogP contribution in [0.4, 0.5) is 0 Å². The Kier molecular flexibility index (Phi) is 4.31. The normalized spacial score (nSPS) is 15.8. The monoisotopic (exact) mass is 210 g/mol. The molecule has 0 bridgehead atoms. The summed E-state index contributed by atoms with van der Waals surface area (Å²) in [5.41, 5.74) is 0. The van der Waals surface area contributed by atoms with Crippen LogP contribution in [0.25, 0.3) is 0 Å². The molecule has 0 aromatic rings. The largest absolute Gasteiger partial charge is 0.312 e. The Morgan fingerprint density at radius 1 is 1.15 bits per heavy atom. The number of sulfonamides is 1. The summed E-state index contributed by atoms with van der Waals surface area (Å²) in [4.78, 5) is 0. The molecular weight excluding hydrogens is 192 g/mol. The van der Waals surface area contributed by atoms with E-state index >= 15 is 0 Å². The average molecular weight is 210 g/mol. The number of rotatable bonds is 4. The topological polar surface area (TPSA) is 60.9 Å². The zero-order chi connectivity index (χ0) is 10.8. The van der Waals surface area contributed by atoms with E-state index in [2.05, 4.69) is 0 Å². The van der Waals surface area contributed by atoms with Crippen LogP contribution in [-0.2, 0) is 10.0 Å². The fourth-order valence-corrected chi connectivity index (χ4v) is 1.99. The summed E-state index contributed by atoms with van der Waals surface area (Å²) in [5.74, 6) is 0. The Morgan fingerprint density at radius 3 is 1.77 bits per heavy atom. The molecule has 5 nitrogen and oxygen atoms in total. The average Bonchev–Trinajstić information content (AvgIpc) is 2.01. The van der Waals surface area contributed by atoms with Crippen LogP contribution in [-0.4, -0.2) is 48.5 Å². The maximum Gasteiger partial charge on any atom is 0.231 e. The van der Waals surface area contributed by atoms with Gasteiger partial charge in [0.2, 0.25) is 10.0 Å². The molecule has 0 saturated heterocycles. The molecule has 0 saturated carbocycles. The molecule has 0 amide bonds. The van der Waals surface area contributed by atoms with Crippen LogP contribution in [0.1, 0.15) is 20.8 Å². The molecule has 0 fully saturated rings. The zero-order valence-electron chi connectivity index (χ0n) is 8.72. The molecule has 0 aromatic carbocycles. The van der Waals surface area contributed by atoms with E-state index in [1.54, 1.807) is 13.8 Å². The highest BCUT2D eigenvalue weighted by Crippen LogP contribution is 2.10. The third-order valence-electron chi connectivity index (χ3n) is 1.84. The van der Waals surface area contributed by atoms with E-state index in [0.29, 0.717) is 0 Å². The molecule has 80 valence electrons. The van der Waals surface area contributed by atoms with Gasteiger partial charge in [0.05, 0.1) is 0 Å². The van der Waals surface area contributed by atoms with Gasteiger partial charge in [0.1, 0.15) is 5.37 Å². The molecule has 1 unspecified atom stereocenters. The van der Waals surface area contributed by atoms with Gasteiger partial charge in [0.15, 0.2) is 0 Å². The molecule has 0 radical (unpaired) electrons. The quantitative estimate of drug-likeness (QED) is 0.679. The second-order valence-electron chi connectivity index (χ2n) is 3.40. The highest BCUT2D eigenvalue weighted by molar-refractivity contribution is 7.89. The smallest absolute Gasteiger partial charge is 0.231 e. The van der Waals surface area contributed by atoms with Crippen molar-refractivity contribution in [3.05, 3.63) is 0 Å². The summed E-state index contributed by atoms with van der Waals surface area (Å²) in [6.07, 6.45) is 0. The maximum atomic E-state index is 11.5. The standard InChI is InChI=1S/C7H18N2O3S/c1-6(2)9(10)7(3)13(11,12)8(4)5/h6-7,10H,1-5H3. The molecule has 0 spiro atoms. The lowest BCUT2D eigenvalue weighted by molar-refractivity contribution is -0.125.